The van der Waals surface area contributed by atoms with Gasteiger partial charge in [-0.1, -0.05) is 0 Å². The molecule has 0 rings (SSSR count). The molecule has 0 aromatic rings. The van der Waals surface area contributed by atoms with Gasteiger partial charge in [-0.25, -0.2) is 0 Å². The number of carboxylic acid groups (broad SMARTS) is 1. The lowest BCUT2D eigenvalue weighted by molar-refractivity contribution is -0.137. The third-order valence-electron chi connectivity index (χ3n) is 0.765. The van der Waals surface area contributed by atoms with Crippen LogP contribution in [-0.4, -0.2) is 17.1 Å². The number of rotatable bonds is 3. The predicted molar refractivity (Wildman–Crippen MR) is 36.3 cm³/mol. The van der Waals surface area contributed by atoms with Crippen LogP contribution < -0.4 is 11.3 Å². The lowest BCUT2D eigenvalue weighted by Gasteiger charge is -2.03. The van der Waals surface area contributed by atoms with Gasteiger partial charge in [0.05, 0.1) is 6.42 Å². The standard InChI is InChI=1S/C4H10N2O2.ClH/c1-3(6-5)2-4(7)8;/h3,6H,2,5H2,1H3,(H,7,8);1H. The Bertz CT molecular complexity index is 88.6. The summed E-state index contributed by atoms with van der Waals surface area (Å²) in [5.74, 6) is 4.07. The summed E-state index contributed by atoms with van der Waals surface area (Å²) in [6.07, 6.45) is 0.0660. The number of hydrogen-bond donors (Lipinski definition) is 3. The molecule has 0 aromatic carbocycles. The number of halogens is 1. The van der Waals surface area contributed by atoms with E-state index in [1.165, 1.54) is 0 Å². The molecule has 0 amide bonds. The van der Waals surface area contributed by atoms with Crippen LogP contribution >= 0.6 is 12.4 Å². The lowest BCUT2D eigenvalue weighted by Crippen LogP contribution is -2.34. The van der Waals surface area contributed by atoms with Gasteiger partial charge in [0, 0.05) is 6.04 Å². The van der Waals surface area contributed by atoms with Crippen molar-refractivity contribution in [2.45, 2.75) is 19.4 Å². The fraction of sp³-hybridized carbons (Fsp3) is 0.750. The monoisotopic (exact) mass is 154 g/mol. The molecule has 9 heavy (non-hydrogen) atoms. The van der Waals surface area contributed by atoms with E-state index in [0.717, 1.165) is 0 Å². The van der Waals surface area contributed by atoms with Crippen molar-refractivity contribution in [3.63, 3.8) is 0 Å². The molecule has 0 saturated heterocycles. The zero-order chi connectivity index (χ0) is 6.57. The van der Waals surface area contributed by atoms with Crippen molar-refractivity contribution in [1.82, 2.24) is 5.43 Å². The summed E-state index contributed by atoms with van der Waals surface area (Å²) in [5, 5.41) is 8.12. The van der Waals surface area contributed by atoms with E-state index in [1.807, 2.05) is 0 Å². The van der Waals surface area contributed by atoms with Gasteiger partial charge in [0.1, 0.15) is 0 Å². The quantitative estimate of drug-likeness (QED) is 0.387. The van der Waals surface area contributed by atoms with Gasteiger partial charge in [0.25, 0.3) is 0 Å². The molecule has 0 aliphatic heterocycles. The first-order valence-electron chi connectivity index (χ1n) is 2.34. The normalized spacial score (nSPS) is 11.8. The Balaban J connectivity index is 0. The highest BCUT2D eigenvalue weighted by molar-refractivity contribution is 5.85. The molecule has 0 aliphatic carbocycles. The van der Waals surface area contributed by atoms with E-state index in [4.69, 9.17) is 10.9 Å². The highest BCUT2D eigenvalue weighted by Crippen LogP contribution is 1.85. The highest BCUT2D eigenvalue weighted by Gasteiger charge is 2.02. The Morgan fingerprint density at radius 2 is 2.33 bits per heavy atom. The zero-order valence-corrected chi connectivity index (χ0v) is 5.94. The third kappa shape index (κ3) is 7.68. The second-order valence-electron chi connectivity index (χ2n) is 1.67. The minimum Gasteiger partial charge on any atom is -0.481 e. The average Bonchev–Trinajstić information content (AvgIpc) is 1.65. The average molecular weight is 155 g/mol. The van der Waals surface area contributed by atoms with E-state index in [9.17, 15) is 4.79 Å². The maximum absolute atomic E-state index is 9.87. The van der Waals surface area contributed by atoms with Crippen LogP contribution in [0.4, 0.5) is 0 Å². The maximum Gasteiger partial charge on any atom is 0.304 e. The van der Waals surface area contributed by atoms with Crippen LogP contribution in [0.2, 0.25) is 0 Å². The number of carboxylic acids is 1. The molecule has 0 heterocycles. The summed E-state index contributed by atoms with van der Waals surface area (Å²) in [5.41, 5.74) is 2.32. The Labute approximate surface area is 59.8 Å². The number of nitrogens with two attached hydrogens (primary N) is 1. The summed E-state index contributed by atoms with van der Waals surface area (Å²) in [4.78, 5) is 9.87. The molecular weight excluding hydrogens is 144 g/mol. The van der Waals surface area contributed by atoms with Gasteiger partial charge >= 0.3 is 5.97 Å². The molecule has 0 fully saturated rings. The Morgan fingerprint density at radius 1 is 1.89 bits per heavy atom. The largest absolute Gasteiger partial charge is 0.481 e. The van der Waals surface area contributed by atoms with E-state index in [-0.39, 0.29) is 24.9 Å². The van der Waals surface area contributed by atoms with Crippen molar-refractivity contribution < 1.29 is 9.90 Å². The van der Waals surface area contributed by atoms with Crippen LogP contribution in [-0.2, 0) is 4.79 Å². The first-order chi connectivity index (χ1) is 3.66. The number of hydrazine groups is 1. The van der Waals surface area contributed by atoms with Gasteiger partial charge < -0.3 is 5.11 Å². The summed E-state index contributed by atoms with van der Waals surface area (Å²) in [7, 11) is 0. The van der Waals surface area contributed by atoms with Crippen molar-refractivity contribution in [2.75, 3.05) is 0 Å². The fourth-order valence-corrected chi connectivity index (χ4v) is 0.321. The van der Waals surface area contributed by atoms with Crippen LogP contribution in [0.3, 0.4) is 0 Å². The van der Waals surface area contributed by atoms with E-state index in [2.05, 4.69) is 5.43 Å². The molecule has 1 unspecified atom stereocenters. The van der Waals surface area contributed by atoms with Gasteiger partial charge in [0.2, 0.25) is 0 Å². The summed E-state index contributed by atoms with van der Waals surface area (Å²) in [6.45, 7) is 1.70. The van der Waals surface area contributed by atoms with Crippen LogP contribution in [0, 0.1) is 0 Å². The Hall–Kier alpha value is -0.320. The van der Waals surface area contributed by atoms with E-state index in [1.54, 1.807) is 6.92 Å². The van der Waals surface area contributed by atoms with Crippen LogP contribution in [0.1, 0.15) is 13.3 Å². The first-order valence-corrected chi connectivity index (χ1v) is 2.34. The third-order valence-corrected chi connectivity index (χ3v) is 0.765. The van der Waals surface area contributed by atoms with Gasteiger partial charge in [-0.05, 0) is 6.92 Å². The van der Waals surface area contributed by atoms with Crippen LogP contribution in [0.25, 0.3) is 0 Å². The van der Waals surface area contributed by atoms with Crippen molar-refractivity contribution in [3.05, 3.63) is 0 Å². The zero-order valence-electron chi connectivity index (χ0n) is 5.13. The smallest absolute Gasteiger partial charge is 0.304 e. The molecule has 0 aromatic heterocycles. The van der Waals surface area contributed by atoms with E-state index in [0.29, 0.717) is 0 Å². The van der Waals surface area contributed by atoms with E-state index >= 15 is 0 Å². The van der Waals surface area contributed by atoms with Crippen molar-refractivity contribution in [3.8, 4) is 0 Å². The molecular formula is C4H11ClN2O2. The number of carbonyl (C=O) groups is 1. The van der Waals surface area contributed by atoms with Crippen molar-refractivity contribution >= 4 is 18.4 Å². The van der Waals surface area contributed by atoms with Gasteiger partial charge in [0.15, 0.2) is 0 Å². The molecule has 0 radical (unpaired) electrons. The molecule has 0 saturated carbocycles. The van der Waals surface area contributed by atoms with Gasteiger partial charge in [-0.2, -0.15) is 0 Å². The van der Waals surface area contributed by atoms with E-state index < -0.39 is 5.97 Å². The molecule has 1 atom stereocenters. The second-order valence-corrected chi connectivity index (χ2v) is 1.67. The fourth-order valence-electron chi connectivity index (χ4n) is 0.321. The minimum absolute atomic E-state index is 0. The molecule has 0 bridgehead atoms. The topological polar surface area (TPSA) is 75.3 Å². The lowest BCUT2D eigenvalue weighted by atomic mass is 10.2. The van der Waals surface area contributed by atoms with Gasteiger partial charge in [-0.3, -0.25) is 16.1 Å². The molecule has 4 N–H and O–H groups in total. The summed E-state index contributed by atoms with van der Waals surface area (Å²) in [6, 6.07) is -0.146. The first kappa shape index (κ1) is 11.5. The molecule has 0 aliphatic rings. The highest BCUT2D eigenvalue weighted by atomic mass is 35.5. The Kier molecular flexibility index (Phi) is 7.41. The molecule has 56 valence electrons. The van der Waals surface area contributed by atoms with Crippen LogP contribution in [0.5, 0.6) is 0 Å². The summed E-state index contributed by atoms with van der Waals surface area (Å²) < 4.78 is 0. The maximum atomic E-state index is 9.87. The number of hydrogen-bond acceptors (Lipinski definition) is 3. The summed E-state index contributed by atoms with van der Waals surface area (Å²) >= 11 is 0. The number of nitrogens with one attached hydrogen (secondary N) is 1. The predicted octanol–water partition coefficient (Wildman–Crippen LogP) is -0.265. The molecule has 0 spiro atoms. The number of aliphatic carboxylic acids is 1. The SMILES string of the molecule is CC(CC(=O)O)NN.Cl. The minimum atomic E-state index is -0.838. The van der Waals surface area contributed by atoms with Crippen LogP contribution in [0.15, 0.2) is 0 Å². The Morgan fingerprint density at radius 3 is 2.44 bits per heavy atom. The van der Waals surface area contributed by atoms with Crippen molar-refractivity contribution in [2.24, 2.45) is 5.84 Å². The molecule has 5 heteroatoms. The van der Waals surface area contributed by atoms with Gasteiger partial charge in [-0.15, -0.1) is 12.4 Å². The molecule has 4 nitrogen and oxygen atoms in total. The second kappa shape index (κ2) is 5.81. The van der Waals surface area contributed by atoms with Crippen molar-refractivity contribution in [1.29, 1.82) is 0 Å².